The fraction of sp³-hybridized carbons (Fsp3) is 0.917. The van der Waals surface area contributed by atoms with Gasteiger partial charge in [-0.2, -0.15) is 11.8 Å². The van der Waals surface area contributed by atoms with E-state index in [0.717, 1.165) is 5.75 Å². The summed E-state index contributed by atoms with van der Waals surface area (Å²) < 4.78 is 0. The molecule has 92 valence electrons. The van der Waals surface area contributed by atoms with Gasteiger partial charge in [-0.25, -0.2) is 0 Å². The summed E-state index contributed by atoms with van der Waals surface area (Å²) in [6.07, 6.45) is 6.51. The van der Waals surface area contributed by atoms with Gasteiger partial charge in [0, 0.05) is 24.3 Å². The van der Waals surface area contributed by atoms with E-state index in [0.29, 0.717) is 24.2 Å². The van der Waals surface area contributed by atoms with E-state index in [4.69, 9.17) is 5.11 Å². The first-order valence-electron chi connectivity index (χ1n) is 6.18. The second kappa shape index (κ2) is 5.41. The Bertz CT molecular complexity index is 243. The van der Waals surface area contributed by atoms with Crippen LogP contribution in [0.4, 0.5) is 0 Å². The van der Waals surface area contributed by atoms with Crippen LogP contribution in [0.2, 0.25) is 0 Å². The van der Waals surface area contributed by atoms with Crippen LogP contribution >= 0.6 is 11.8 Å². The predicted molar refractivity (Wildman–Crippen MR) is 66.3 cm³/mol. The molecule has 16 heavy (non-hydrogen) atoms. The lowest BCUT2D eigenvalue weighted by Gasteiger charge is -2.17. The Morgan fingerprint density at radius 1 is 1.50 bits per heavy atom. The normalized spacial score (nSPS) is 33.2. The van der Waals surface area contributed by atoms with Crippen LogP contribution in [0.5, 0.6) is 0 Å². The number of rotatable bonds is 6. The third-order valence-electron chi connectivity index (χ3n) is 3.90. The molecule has 0 bridgehead atoms. The quantitative estimate of drug-likeness (QED) is 0.738. The lowest BCUT2D eigenvalue weighted by atomic mass is 10.1. The Hall–Kier alpha value is -0.220. The van der Waals surface area contributed by atoms with Gasteiger partial charge in [0.2, 0.25) is 5.91 Å². The van der Waals surface area contributed by atoms with E-state index < -0.39 is 0 Å². The van der Waals surface area contributed by atoms with Crippen LogP contribution < -0.4 is 5.32 Å². The molecule has 2 aliphatic rings. The summed E-state index contributed by atoms with van der Waals surface area (Å²) in [4.78, 5) is 12.0. The molecule has 0 aromatic carbocycles. The molecule has 1 amide bonds. The molecule has 0 aromatic rings. The van der Waals surface area contributed by atoms with Gasteiger partial charge in [0.1, 0.15) is 0 Å². The molecular weight excluding hydrogens is 222 g/mol. The summed E-state index contributed by atoms with van der Waals surface area (Å²) in [5, 5.41) is 12.0. The van der Waals surface area contributed by atoms with Crippen molar-refractivity contribution in [3.63, 3.8) is 0 Å². The van der Waals surface area contributed by atoms with Crippen molar-refractivity contribution in [3.8, 4) is 0 Å². The van der Waals surface area contributed by atoms with E-state index in [1.807, 2.05) is 6.26 Å². The molecular formula is C12H21NO2S. The predicted octanol–water partition coefficient (Wildman–Crippen LogP) is 1.26. The summed E-state index contributed by atoms with van der Waals surface area (Å²) in [5.74, 6) is 2.81. The Morgan fingerprint density at radius 2 is 2.19 bits per heavy atom. The minimum Gasteiger partial charge on any atom is -0.396 e. The summed E-state index contributed by atoms with van der Waals surface area (Å²) in [5.41, 5.74) is 0. The van der Waals surface area contributed by atoms with Crippen molar-refractivity contribution in [2.75, 3.05) is 18.6 Å². The van der Waals surface area contributed by atoms with E-state index in [1.165, 1.54) is 19.3 Å². The van der Waals surface area contributed by atoms with Gasteiger partial charge in [0.15, 0.2) is 0 Å². The Balaban J connectivity index is 1.77. The largest absolute Gasteiger partial charge is 0.396 e. The van der Waals surface area contributed by atoms with Crippen LogP contribution in [0.25, 0.3) is 0 Å². The highest BCUT2D eigenvalue weighted by atomic mass is 32.2. The van der Waals surface area contributed by atoms with Gasteiger partial charge >= 0.3 is 0 Å². The number of aliphatic hydroxyl groups is 1. The van der Waals surface area contributed by atoms with E-state index >= 15 is 0 Å². The zero-order chi connectivity index (χ0) is 11.5. The zero-order valence-corrected chi connectivity index (χ0v) is 10.6. The second-order valence-electron chi connectivity index (χ2n) is 4.96. The molecule has 3 unspecified atom stereocenters. The molecule has 2 N–H and O–H groups in total. The lowest BCUT2D eigenvalue weighted by molar-refractivity contribution is -0.123. The first kappa shape index (κ1) is 12.2. The molecule has 2 fully saturated rings. The molecule has 0 saturated heterocycles. The molecule has 0 spiro atoms. The fourth-order valence-corrected chi connectivity index (χ4v) is 3.71. The first-order valence-corrected chi connectivity index (χ1v) is 7.57. The van der Waals surface area contributed by atoms with Gasteiger partial charge in [-0.05, 0) is 37.4 Å². The van der Waals surface area contributed by atoms with Crippen LogP contribution in [0.3, 0.4) is 0 Å². The van der Waals surface area contributed by atoms with Gasteiger partial charge in [-0.1, -0.05) is 6.42 Å². The smallest absolute Gasteiger partial charge is 0.223 e. The standard InChI is InChI=1S/C12H21NO2S/c1-16-7-8(5-6-14)13-12(15)11-9-3-2-4-10(9)11/h8-11,14H,2-7H2,1H3,(H,13,15). The van der Waals surface area contributed by atoms with E-state index in [2.05, 4.69) is 5.32 Å². The summed E-state index contributed by atoms with van der Waals surface area (Å²) in [6.45, 7) is 0.156. The summed E-state index contributed by atoms with van der Waals surface area (Å²) in [7, 11) is 0. The van der Waals surface area contributed by atoms with E-state index in [-0.39, 0.29) is 18.6 Å². The molecule has 0 aromatic heterocycles. The minimum absolute atomic E-state index is 0.147. The van der Waals surface area contributed by atoms with Gasteiger partial charge in [-0.3, -0.25) is 4.79 Å². The lowest BCUT2D eigenvalue weighted by Crippen LogP contribution is -2.39. The maximum atomic E-state index is 12.0. The molecule has 0 radical (unpaired) electrons. The monoisotopic (exact) mass is 243 g/mol. The van der Waals surface area contributed by atoms with Gasteiger partial charge in [0.05, 0.1) is 0 Å². The maximum absolute atomic E-state index is 12.0. The number of carbonyl (C=O) groups excluding carboxylic acids is 1. The van der Waals surface area contributed by atoms with Gasteiger partial charge in [0.25, 0.3) is 0 Å². The third-order valence-corrected chi connectivity index (χ3v) is 4.64. The second-order valence-corrected chi connectivity index (χ2v) is 5.87. The van der Waals surface area contributed by atoms with Crippen molar-refractivity contribution in [3.05, 3.63) is 0 Å². The Kier molecular flexibility index (Phi) is 4.14. The van der Waals surface area contributed by atoms with Crippen molar-refractivity contribution in [2.45, 2.75) is 31.7 Å². The molecule has 2 saturated carbocycles. The molecule has 3 atom stereocenters. The van der Waals surface area contributed by atoms with Crippen LogP contribution in [0, 0.1) is 17.8 Å². The number of carbonyl (C=O) groups is 1. The number of amides is 1. The zero-order valence-electron chi connectivity index (χ0n) is 9.82. The molecule has 4 heteroatoms. The highest BCUT2D eigenvalue weighted by Gasteiger charge is 2.56. The van der Waals surface area contributed by atoms with Crippen LogP contribution in [0.15, 0.2) is 0 Å². The van der Waals surface area contributed by atoms with Crippen LogP contribution in [0.1, 0.15) is 25.7 Å². The average molecular weight is 243 g/mol. The van der Waals surface area contributed by atoms with E-state index in [9.17, 15) is 4.79 Å². The average Bonchev–Trinajstić information content (AvgIpc) is 2.74. The number of fused-ring (bicyclic) bond motifs is 1. The molecule has 3 nitrogen and oxygen atoms in total. The number of hydrogen-bond acceptors (Lipinski definition) is 3. The highest BCUT2D eigenvalue weighted by Crippen LogP contribution is 2.57. The topological polar surface area (TPSA) is 49.3 Å². The van der Waals surface area contributed by atoms with Crippen molar-refractivity contribution in [1.29, 1.82) is 0 Å². The fourth-order valence-electron chi connectivity index (χ4n) is 3.06. The van der Waals surface area contributed by atoms with Crippen LogP contribution in [-0.2, 0) is 4.79 Å². The number of aliphatic hydroxyl groups excluding tert-OH is 1. The summed E-state index contributed by atoms with van der Waals surface area (Å²) in [6, 6.07) is 0.147. The Labute approximate surface area is 101 Å². The minimum atomic E-state index is 0.147. The van der Waals surface area contributed by atoms with Crippen molar-refractivity contribution in [2.24, 2.45) is 17.8 Å². The molecule has 0 aliphatic heterocycles. The van der Waals surface area contributed by atoms with E-state index in [1.54, 1.807) is 11.8 Å². The SMILES string of the molecule is CSCC(CCO)NC(=O)C1C2CCCC21. The molecule has 2 aliphatic carbocycles. The van der Waals surface area contributed by atoms with Crippen molar-refractivity contribution in [1.82, 2.24) is 5.32 Å². The Morgan fingerprint density at radius 3 is 2.75 bits per heavy atom. The maximum Gasteiger partial charge on any atom is 0.223 e. The number of thioether (sulfide) groups is 1. The highest BCUT2D eigenvalue weighted by molar-refractivity contribution is 7.98. The molecule has 2 rings (SSSR count). The van der Waals surface area contributed by atoms with Crippen LogP contribution in [-0.4, -0.2) is 35.7 Å². The van der Waals surface area contributed by atoms with Crippen molar-refractivity contribution >= 4 is 17.7 Å². The number of hydrogen-bond donors (Lipinski definition) is 2. The van der Waals surface area contributed by atoms with Crippen molar-refractivity contribution < 1.29 is 9.90 Å². The number of nitrogens with one attached hydrogen (secondary N) is 1. The van der Waals surface area contributed by atoms with Gasteiger partial charge in [-0.15, -0.1) is 0 Å². The third kappa shape index (κ3) is 2.54. The van der Waals surface area contributed by atoms with Gasteiger partial charge < -0.3 is 10.4 Å². The molecule has 0 heterocycles. The summed E-state index contributed by atoms with van der Waals surface area (Å²) >= 11 is 1.72. The first-order chi connectivity index (χ1) is 7.77.